The van der Waals surface area contributed by atoms with Gasteiger partial charge in [0.2, 0.25) is 12.3 Å². The summed E-state index contributed by atoms with van der Waals surface area (Å²) in [7, 11) is 0. The van der Waals surface area contributed by atoms with Crippen molar-refractivity contribution in [1.29, 1.82) is 0 Å². The van der Waals surface area contributed by atoms with Crippen LogP contribution in [-0.2, 0) is 21.5 Å². The summed E-state index contributed by atoms with van der Waals surface area (Å²) in [5, 5.41) is 12.3. The molecule has 2 saturated carbocycles. The van der Waals surface area contributed by atoms with Crippen LogP contribution >= 0.6 is 0 Å². The predicted molar refractivity (Wildman–Crippen MR) is 146 cm³/mol. The van der Waals surface area contributed by atoms with E-state index >= 15 is 0 Å². The van der Waals surface area contributed by atoms with Crippen LogP contribution in [0.1, 0.15) is 69.3 Å². The van der Waals surface area contributed by atoms with E-state index < -0.39 is 0 Å². The zero-order chi connectivity index (χ0) is 25.3. The Bertz CT molecular complexity index is 1120. The standard InChI is InChI=1S/C19H20N2O.C7H9N3O.C2H6.CH3.Cs/c1-3-14-5-7-15(8-6-14)16-9-10-17(20-13-16)19(11-12-19)21-18(22)4-2;11-4-8-7-3-6(9-10-7)5-1-2-5;1-2;;/h4-10,13H,2-3,11-12H2,1H3,(H,21,22);3-5H,1-2H2,(H2,8,9,10,11);1-2H3;1H3;/q;;;-1;+1. The van der Waals surface area contributed by atoms with E-state index in [1.807, 2.05) is 32.2 Å². The first-order valence-electron chi connectivity index (χ1n) is 12.3. The largest absolute Gasteiger partial charge is 1.00 e. The third-order valence-electron chi connectivity index (χ3n) is 6.07. The Morgan fingerprint density at radius 1 is 1.14 bits per heavy atom. The minimum Gasteiger partial charge on any atom is -0.358 e. The molecule has 3 N–H and O–H groups in total. The molecule has 0 unspecified atom stereocenters. The molecule has 2 aliphatic rings. The molecule has 0 radical (unpaired) electrons. The Morgan fingerprint density at radius 2 is 1.78 bits per heavy atom. The van der Waals surface area contributed by atoms with Crippen molar-refractivity contribution in [2.24, 2.45) is 0 Å². The van der Waals surface area contributed by atoms with Crippen LogP contribution in [0.2, 0.25) is 0 Å². The van der Waals surface area contributed by atoms with Gasteiger partial charge in [0, 0.05) is 29.4 Å². The van der Waals surface area contributed by atoms with Crippen molar-refractivity contribution in [3.63, 3.8) is 0 Å². The molecule has 5 rings (SSSR count). The number of carbonyl (C=O) groups excluding carboxylic acids is 2. The van der Waals surface area contributed by atoms with E-state index in [0.717, 1.165) is 41.8 Å². The average Bonchev–Trinajstić information content (AvgIpc) is 3.85. The number of nitrogens with one attached hydrogen (secondary N) is 3. The molecule has 2 aliphatic carbocycles. The molecule has 2 amide bonds. The maximum atomic E-state index is 11.5. The van der Waals surface area contributed by atoms with E-state index in [1.54, 1.807) is 0 Å². The molecule has 2 heterocycles. The first-order valence-corrected chi connectivity index (χ1v) is 12.3. The molecular formula is C29H38CsN5O2. The molecule has 192 valence electrons. The van der Waals surface area contributed by atoms with Crippen LogP contribution in [0, 0.1) is 7.43 Å². The maximum absolute atomic E-state index is 11.5. The summed E-state index contributed by atoms with van der Waals surface area (Å²) in [4.78, 5) is 26.1. The monoisotopic (exact) mass is 621 g/mol. The normalized spacial score (nSPS) is 14.0. The molecule has 37 heavy (non-hydrogen) atoms. The first kappa shape index (κ1) is 33.3. The third kappa shape index (κ3) is 9.53. The van der Waals surface area contributed by atoms with Gasteiger partial charge in [-0.15, -0.1) is 0 Å². The zero-order valence-electron chi connectivity index (χ0n) is 22.8. The van der Waals surface area contributed by atoms with Crippen molar-refractivity contribution in [1.82, 2.24) is 20.5 Å². The second-order valence-electron chi connectivity index (χ2n) is 8.50. The van der Waals surface area contributed by atoms with E-state index in [-0.39, 0.29) is 87.8 Å². The van der Waals surface area contributed by atoms with Crippen LogP contribution in [0.25, 0.3) is 11.1 Å². The van der Waals surface area contributed by atoms with Gasteiger partial charge in [-0.25, -0.2) is 0 Å². The summed E-state index contributed by atoms with van der Waals surface area (Å²) < 4.78 is 0. The fraction of sp³-hybridized carbons (Fsp3) is 0.345. The van der Waals surface area contributed by atoms with Crippen molar-refractivity contribution in [3.8, 4) is 11.1 Å². The fourth-order valence-electron chi connectivity index (χ4n) is 3.71. The van der Waals surface area contributed by atoms with Crippen LogP contribution in [0.5, 0.6) is 0 Å². The van der Waals surface area contributed by atoms with Crippen LogP contribution in [0.4, 0.5) is 5.82 Å². The molecule has 0 bridgehead atoms. The Labute approximate surface area is 280 Å². The molecule has 0 saturated heterocycles. The van der Waals surface area contributed by atoms with Crippen LogP contribution < -0.4 is 79.5 Å². The molecule has 3 aromatic rings. The number of nitrogens with zero attached hydrogens (tertiary/aromatic N) is 2. The molecule has 2 aromatic heterocycles. The Kier molecular flexibility index (Phi) is 14.7. The van der Waals surface area contributed by atoms with Gasteiger partial charge in [-0.2, -0.15) is 5.10 Å². The minimum atomic E-state index is -0.282. The Balaban J connectivity index is 0.000000387. The topological polar surface area (TPSA) is 99.8 Å². The second kappa shape index (κ2) is 16.3. The smallest absolute Gasteiger partial charge is 0.358 e. The molecule has 8 heteroatoms. The zero-order valence-corrected chi connectivity index (χ0v) is 29.1. The van der Waals surface area contributed by atoms with Crippen molar-refractivity contribution < 1.29 is 78.5 Å². The number of anilines is 1. The van der Waals surface area contributed by atoms with Gasteiger partial charge in [-0.1, -0.05) is 57.7 Å². The number of H-pyrrole nitrogens is 1. The molecular weight excluding hydrogens is 583 g/mol. The SMILES string of the molecule is C=CC(=O)NC1(c2ccc(-c3ccc(CC)cc3)cn2)CC1.CC.O=CNc1cc(C2CC2)[nH]n1.[CH3-].[Cs+]. The van der Waals surface area contributed by atoms with E-state index in [9.17, 15) is 9.59 Å². The number of rotatable bonds is 8. The van der Waals surface area contributed by atoms with Crippen molar-refractivity contribution in [2.45, 2.75) is 64.3 Å². The number of aryl methyl sites for hydroxylation is 1. The van der Waals surface area contributed by atoms with E-state index in [1.165, 1.54) is 24.5 Å². The number of aromatic nitrogens is 3. The van der Waals surface area contributed by atoms with Gasteiger partial charge >= 0.3 is 68.9 Å². The fourth-order valence-corrected chi connectivity index (χ4v) is 3.71. The Morgan fingerprint density at radius 3 is 2.27 bits per heavy atom. The predicted octanol–water partition coefficient (Wildman–Crippen LogP) is 2.94. The van der Waals surface area contributed by atoms with E-state index in [4.69, 9.17) is 0 Å². The second-order valence-corrected chi connectivity index (χ2v) is 8.50. The van der Waals surface area contributed by atoms with Gasteiger partial charge in [0.15, 0.2) is 5.82 Å². The van der Waals surface area contributed by atoms with Gasteiger partial charge in [0.1, 0.15) is 0 Å². The number of amides is 2. The maximum Gasteiger partial charge on any atom is 1.00 e. The number of hydrogen-bond donors (Lipinski definition) is 3. The summed E-state index contributed by atoms with van der Waals surface area (Å²) in [5.74, 6) is 1.13. The molecule has 7 nitrogen and oxygen atoms in total. The van der Waals surface area contributed by atoms with Crippen LogP contribution in [0.15, 0.2) is 61.3 Å². The molecule has 0 aliphatic heterocycles. The molecule has 2 fully saturated rings. The van der Waals surface area contributed by atoms with Gasteiger partial charge < -0.3 is 18.1 Å². The summed E-state index contributed by atoms with van der Waals surface area (Å²) in [6.07, 6.45) is 9.22. The van der Waals surface area contributed by atoms with Gasteiger partial charge in [-0.05, 0) is 55.4 Å². The number of pyridine rings is 1. The number of hydrogen-bond acceptors (Lipinski definition) is 4. The van der Waals surface area contributed by atoms with E-state index in [0.29, 0.717) is 18.1 Å². The quantitative estimate of drug-likeness (QED) is 0.205. The average molecular weight is 622 g/mol. The van der Waals surface area contributed by atoms with Crippen molar-refractivity contribution in [2.75, 3.05) is 5.32 Å². The molecule has 0 spiro atoms. The molecule has 1 aromatic carbocycles. The minimum absolute atomic E-state index is 0. The summed E-state index contributed by atoms with van der Waals surface area (Å²) >= 11 is 0. The number of carbonyl (C=O) groups is 2. The van der Waals surface area contributed by atoms with Crippen molar-refractivity contribution in [3.05, 3.63) is 85.7 Å². The number of benzene rings is 1. The van der Waals surface area contributed by atoms with Crippen molar-refractivity contribution >= 4 is 18.1 Å². The molecule has 0 atom stereocenters. The van der Waals surface area contributed by atoms with Gasteiger partial charge in [-0.3, -0.25) is 19.7 Å². The van der Waals surface area contributed by atoms with Crippen LogP contribution in [-0.4, -0.2) is 27.5 Å². The number of aromatic amines is 1. The van der Waals surface area contributed by atoms with E-state index in [2.05, 4.69) is 69.6 Å². The Hall–Kier alpha value is -1.69. The summed E-state index contributed by atoms with van der Waals surface area (Å²) in [6.45, 7) is 9.65. The third-order valence-corrected chi connectivity index (χ3v) is 6.07. The van der Waals surface area contributed by atoms with Gasteiger partial charge in [0.05, 0.1) is 11.2 Å². The summed E-state index contributed by atoms with van der Waals surface area (Å²) in [5.41, 5.74) is 5.37. The first-order chi connectivity index (χ1) is 17.1. The summed E-state index contributed by atoms with van der Waals surface area (Å²) in [6, 6.07) is 14.5. The van der Waals surface area contributed by atoms with Crippen LogP contribution in [0.3, 0.4) is 0 Å². The van der Waals surface area contributed by atoms with Gasteiger partial charge in [0.25, 0.3) is 0 Å².